The van der Waals surface area contributed by atoms with Gasteiger partial charge in [0.15, 0.2) is 0 Å². The first kappa shape index (κ1) is 64.8. The summed E-state index contributed by atoms with van der Waals surface area (Å²) >= 11 is 0. The third-order valence-electron chi connectivity index (χ3n) is 15.3. The van der Waals surface area contributed by atoms with E-state index in [9.17, 15) is 14.7 Å². The maximum Gasteiger partial charge on any atom is 0.222 e. The summed E-state index contributed by atoms with van der Waals surface area (Å²) in [6.07, 6.45) is 55.3. The van der Waals surface area contributed by atoms with Gasteiger partial charge in [-0.05, 0) is 70.9 Å². The van der Waals surface area contributed by atoms with Crippen LogP contribution in [0.15, 0.2) is 0 Å². The molecule has 1 aliphatic rings. The second-order valence-electron chi connectivity index (χ2n) is 21.7. The number of hydrogen-bond donors (Lipinski definition) is 1. The smallest absolute Gasteiger partial charge is 0.222 e. The van der Waals surface area contributed by atoms with Crippen LogP contribution in [0.1, 0.15) is 317 Å². The monoisotopic (exact) mass is 960 g/mol. The Hall–Kier alpha value is -1.18. The molecule has 1 rings (SSSR count). The average molecular weight is 961 g/mol. The topological polar surface area (TPSA) is 73.3 Å². The van der Waals surface area contributed by atoms with Crippen molar-refractivity contribution in [1.29, 1.82) is 0 Å². The lowest BCUT2D eigenvalue weighted by Gasteiger charge is -2.37. The fraction of sp³-hybridized carbons (Fsp3) is 0.967. The number of unbranched alkanes of at least 4 members (excludes halogenated alkanes) is 36. The van der Waals surface area contributed by atoms with E-state index in [-0.39, 0.29) is 6.04 Å². The van der Waals surface area contributed by atoms with Crippen molar-refractivity contribution in [3.8, 4) is 0 Å². The first-order valence-corrected chi connectivity index (χ1v) is 31.0. The number of aliphatic hydroxyl groups is 1. The van der Waals surface area contributed by atoms with Crippen molar-refractivity contribution in [2.45, 2.75) is 329 Å². The number of amides is 2. The molecule has 0 aromatic rings. The van der Waals surface area contributed by atoms with E-state index in [1.165, 1.54) is 205 Å². The van der Waals surface area contributed by atoms with Gasteiger partial charge >= 0.3 is 0 Å². The SMILES string of the molecule is CCCCCCCCCCN(CCCCCCCCCC)C(=O)CCCCCCCN(CCCCCCCC(=O)N(CCCCCCCCCC)CCCCCCCCCC)[C@@H]1CCOC[C@H]1O. The molecule has 1 saturated heterocycles. The van der Waals surface area contributed by atoms with Gasteiger partial charge in [0.2, 0.25) is 11.8 Å². The minimum Gasteiger partial charge on any atom is -0.389 e. The van der Waals surface area contributed by atoms with Crippen LogP contribution in [0.25, 0.3) is 0 Å². The second kappa shape index (κ2) is 50.7. The predicted octanol–water partition coefficient (Wildman–Crippen LogP) is 17.3. The van der Waals surface area contributed by atoms with Crippen LogP contribution < -0.4 is 0 Å². The molecular formula is C61H121N3O4. The molecule has 1 N–H and O–H groups in total. The lowest BCUT2D eigenvalue weighted by molar-refractivity contribution is -0.132. The molecule has 0 unspecified atom stereocenters. The van der Waals surface area contributed by atoms with E-state index >= 15 is 0 Å². The Bertz CT molecular complexity index is 948. The van der Waals surface area contributed by atoms with Crippen LogP contribution in [-0.4, -0.2) is 96.2 Å². The van der Waals surface area contributed by atoms with Crippen molar-refractivity contribution in [3.05, 3.63) is 0 Å². The van der Waals surface area contributed by atoms with Gasteiger partial charge in [0.25, 0.3) is 0 Å². The minimum atomic E-state index is -0.403. The van der Waals surface area contributed by atoms with Gasteiger partial charge in [-0.25, -0.2) is 0 Å². The van der Waals surface area contributed by atoms with Gasteiger partial charge in [0.1, 0.15) is 0 Å². The zero-order valence-corrected chi connectivity index (χ0v) is 46.6. The molecule has 1 aliphatic heterocycles. The fourth-order valence-corrected chi connectivity index (χ4v) is 10.6. The molecule has 0 spiro atoms. The first-order chi connectivity index (χ1) is 33.5. The van der Waals surface area contributed by atoms with Crippen LogP contribution >= 0.6 is 0 Å². The van der Waals surface area contributed by atoms with Gasteiger partial charge in [-0.2, -0.15) is 0 Å². The average Bonchev–Trinajstić information content (AvgIpc) is 3.34. The van der Waals surface area contributed by atoms with E-state index < -0.39 is 6.10 Å². The number of ether oxygens (including phenoxy) is 1. The molecule has 1 fully saturated rings. The van der Waals surface area contributed by atoms with Crippen LogP contribution in [-0.2, 0) is 14.3 Å². The predicted molar refractivity (Wildman–Crippen MR) is 296 cm³/mol. The Morgan fingerprint density at radius 1 is 0.368 bits per heavy atom. The van der Waals surface area contributed by atoms with Crippen molar-refractivity contribution in [3.63, 3.8) is 0 Å². The summed E-state index contributed by atoms with van der Waals surface area (Å²) in [5.41, 5.74) is 0. The Balaban J connectivity index is 2.45. The van der Waals surface area contributed by atoms with Crippen molar-refractivity contribution >= 4 is 11.8 Å². The number of hydrogen-bond acceptors (Lipinski definition) is 5. The van der Waals surface area contributed by atoms with Crippen molar-refractivity contribution < 1.29 is 19.4 Å². The second-order valence-corrected chi connectivity index (χ2v) is 21.7. The fourth-order valence-electron chi connectivity index (χ4n) is 10.6. The standard InChI is InChI=1S/C61H121N3O4/c1-5-9-13-17-21-25-33-43-52-63(53-44-34-26-22-18-14-10-6-2)60(66)47-39-31-29-37-41-50-62(58-49-56-68-57-59(58)65)51-42-38-30-32-40-48-61(67)64(54-45-35-27-23-19-15-11-7-3)55-46-36-28-24-20-16-12-8-4/h58-59,65H,5-57H2,1-4H3/t58-,59-/m1/s1. The molecule has 68 heavy (non-hydrogen) atoms. The Morgan fingerprint density at radius 3 is 0.897 bits per heavy atom. The highest BCUT2D eigenvalue weighted by atomic mass is 16.5. The Labute approximate surface area is 425 Å². The summed E-state index contributed by atoms with van der Waals surface area (Å²) in [5, 5.41) is 10.9. The number of carbonyl (C=O) groups excluding carboxylic acids is 2. The molecule has 7 nitrogen and oxygen atoms in total. The molecule has 404 valence electrons. The van der Waals surface area contributed by atoms with Crippen molar-refractivity contribution in [2.24, 2.45) is 0 Å². The summed E-state index contributed by atoms with van der Waals surface area (Å²) in [4.78, 5) is 34.0. The quantitative estimate of drug-likeness (QED) is 0.0615. The van der Waals surface area contributed by atoms with Crippen LogP contribution in [0, 0.1) is 0 Å². The maximum absolute atomic E-state index is 13.5. The zero-order chi connectivity index (χ0) is 49.2. The molecule has 0 aromatic carbocycles. The first-order valence-electron chi connectivity index (χ1n) is 31.0. The number of rotatable bonds is 53. The number of aliphatic hydroxyl groups excluding tert-OH is 1. The summed E-state index contributed by atoms with van der Waals surface area (Å²) in [5.74, 6) is 0.791. The maximum atomic E-state index is 13.5. The summed E-state index contributed by atoms with van der Waals surface area (Å²) in [7, 11) is 0. The molecule has 0 radical (unpaired) electrons. The normalized spacial score (nSPS) is 15.1. The highest BCUT2D eigenvalue weighted by Gasteiger charge is 2.29. The van der Waals surface area contributed by atoms with Crippen LogP contribution in [0.3, 0.4) is 0 Å². The van der Waals surface area contributed by atoms with Gasteiger partial charge in [-0.3, -0.25) is 14.5 Å². The van der Waals surface area contributed by atoms with E-state index in [4.69, 9.17) is 4.74 Å². The van der Waals surface area contributed by atoms with Gasteiger partial charge in [-0.1, -0.05) is 246 Å². The van der Waals surface area contributed by atoms with Crippen LogP contribution in [0.4, 0.5) is 0 Å². The molecule has 2 amide bonds. The van der Waals surface area contributed by atoms with E-state index in [1.807, 2.05) is 0 Å². The molecule has 7 heteroatoms. The molecule has 1 heterocycles. The number of nitrogens with zero attached hydrogens (tertiary/aromatic N) is 3. The highest BCUT2D eigenvalue weighted by molar-refractivity contribution is 5.76. The van der Waals surface area contributed by atoms with Gasteiger partial charge in [0, 0.05) is 51.7 Å². The van der Waals surface area contributed by atoms with Crippen molar-refractivity contribution in [2.75, 3.05) is 52.5 Å². The number of carbonyl (C=O) groups is 2. The molecule has 0 bridgehead atoms. The van der Waals surface area contributed by atoms with E-state index in [2.05, 4.69) is 42.4 Å². The van der Waals surface area contributed by atoms with Gasteiger partial charge < -0.3 is 19.6 Å². The molecule has 2 atom stereocenters. The molecule has 0 saturated carbocycles. The van der Waals surface area contributed by atoms with Gasteiger partial charge in [0.05, 0.1) is 12.7 Å². The van der Waals surface area contributed by atoms with Gasteiger partial charge in [-0.15, -0.1) is 0 Å². The summed E-state index contributed by atoms with van der Waals surface area (Å²) in [6, 6.07) is 0.195. The van der Waals surface area contributed by atoms with E-state index in [0.717, 1.165) is 117 Å². The van der Waals surface area contributed by atoms with E-state index in [0.29, 0.717) is 31.3 Å². The minimum absolute atomic E-state index is 0.195. The highest BCUT2D eigenvalue weighted by Crippen LogP contribution is 2.20. The van der Waals surface area contributed by atoms with E-state index in [1.54, 1.807) is 0 Å². The Morgan fingerprint density at radius 2 is 0.618 bits per heavy atom. The lowest BCUT2D eigenvalue weighted by Crippen LogP contribution is -2.49. The summed E-state index contributed by atoms with van der Waals surface area (Å²) in [6.45, 7) is 16.2. The third kappa shape index (κ3) is 39.4. The lowest BCUT2D eigenvalue weighted by atomic mass is 10.0. The zero-order valence-electron chi connectivity index (χ0n) is 46.6. The van der Waals surface area contributed by atoms with Crippen LogP contribution in [0.5, 0.6) is 0 Å². The molecule has 0 aromatic heterocycles. The van der Waals surface area contributed by atoms with Crippen LogP contribution in [0.2, 0.25) is 0 Å². The Kier molecular flexibility index (Phi) is 48.4. The largest absolute Gasteiger partial charge is 0.389 e. The molecule has 0 aliphatic carbocycles. The summed E-state index contributed by atoms with van der Waals surface area (Å²) < 4.78 is 5.63. The molecular weight excluding hydrogens is 839 g/mol. The third-order valence-corrected chi connectivity index (χ3v) is 15.3. The van der Waals surface area contributed by atoms with Crippen molar-refractivity contribution in [1.82, 2.24) is 14.7 Å².